The molecule has 1 heterocycles. The van der Waals surface area contributed by atoms with Crippen molar-refractivity contribution in [2.24, 2.45) is 5.92 Å². The normalized spacial score (nSPS) is 15.1. The summed E-state index contributed by atoms with van der Waals surface area (Å²) in [6, 6.07) is 2.93. The monoisotopic (exact) mass is 234 g/mol. The molecule has 2 N–H and O–H groups in total. The number of carbonyl (C=O) groups excluding carboxylic acids is 1. The molecule has 0 atom stereocenters. The molecule has 5 heteroatoms. The van der Waals surface area contributed by atoms with Crippen LogP contribution in [0.3, 0.4) is 0 Å². The van der Waals surface area contributed by atoms with Crippen LogP contribution in [-0.4, -0.2) is 22.0 Å². The Morgan fingerprint density at radius 3 is 2.65 bits per heavy atom. The lowest BCUT2D eigenvalue weighted by Crippen LogP contribution is -2.21. The predicted octanol–water partition coefficient (Wildman–Crippen LogP) is 1.91. The van der Waals surface area contributed by atoms with Gasteiger partial charge in [-0.3, -0.25) is 4.79 Å². The van der Waals surface area contributed by atoms with Crippen LogP contribution in [0.1, 0.15) is 36.0 Å². The van der Waals surface area contributed by atoms with Gasteiger partial charge < -0.3 is 10.4 Å². The van der Waals surface area contributed by atoms with Crippen LogP contribution in [0, 0.1) is 5.92 Å². The molecule has 17 heavy (non-hydrogen) atoms. The van der Waals surface area contributed by atoms with Crippen LogP contribution in [0.2, 0.25) is 0 Å². The second-order valence-corrected chi connectivity index (χ2v) is 4.29. The molecule has 1 aromatic heterocycles. The average molecular weight is 234 g/mol. The van der Waals surface area contributed by atoms with E-state index in [1.54, 1.807) is 0 Å². The van der Waals surface area contributed by atoms with Gasteiger partial charge in [0.05, 0.1) is 5.56 Å². The van der Waals surface area contributed by atoms with E-state index in [4.69, 9.17) is 5.11 Å². The van der Waals surface area contributed by atoms with Gasteiger partial charge in [-0.2, -0.15) is 0 Å². The first-order valence-electron chi connectivity index (χ1n) is 5.64. The minimum atomic E-state index is -1.02. The lowest BCUT2D eigenvalue weighted by Gasteiger charge is -2.24. The largest absolute Gasteiger partial charge is 0.478 e. The number of carboxylic acid groups (broad SMARTS) is 1. The van der Waals surface area contributed by atoms with Gasteiger partial charge in [-0.25, -0.2) is 9.78 Å². The van der Waals surface area contributed by atoms with Crippen molar-refractivity contribution in [1.29, 1.82) is 0 Å². The highest BCUT2D eigenvalue weighted by molar-refractivity contribution is 5.91. The van der Waals surface area contributed by atoms with E-state index in [0.717, 1.165) is 12.8 Å². The zero-order chi connectivity index (χ0) is 12.3. The van der Waals surface area contributed by atoms with Gasteiger partial charge in [-0.05, 0) is 30.9 Å². The smallest absolute Gasteiger partial charge is 0.337 e. The summed E-state index contributed by atoms with van der Waals surface area (Å²) >= 11 is 0. The minimum Gasteiger partial charge on any atom is -0.478 e. The van der Waals surface area contributed by atoms with E-state index in [2.05, 4.69) is 10.3 Å². The Bertz CT molecular complexity index is 424. The number of nitrogens with one attached hydrogen (secondary N) is 1. The molecule has 1 aliphatic carbocycles. The fourth-order valence-electron chi connectivity index (χ4n) is 1.75. The zero-order valence-electron chi connectivity index (χ0n) is 9.35. The van der Waals surface area contributed by atoms with E-state index in [-0.39, 0.29) is 11.5 Å². The Hall–Kier alpha value is -1.91. The van der Waals surface area contributed by atoms with Crippen LogP contribution in [0.25, 0.3) is 0 Å². The number of anilines is 1. The van der Waals surface area contributed by atoms with Crippen molar-refractivity contribution < 1.29 is 14.7 Å². The van der Waals surface area contributed by atoms with E-state index in [1.165, 1.54) is 24.8 Å². The van der Waals surface area contributed by atoms with Crippen molar-refractivity contribution in [1.82, 2.24) is 4.98 Å². The fraction of sp³-hybridized carbons (Fsp3) is 0.417. The Morgan fingerprint density at radius 1 is 1.41 bits per heavy atom. The van der Waals surface area contributed by atoms with E-state index in [1.807, 2.05) is 0 Å². The zero-order valence-corrected chi connectivity index (χ0v) is 9.35. The highest BCUT2D eigenvalue weighted by atomic mass is 16.4. The van der Waals surface area contributed by atoms with Crippen molar-refractivity contribution >= 4 is 17.7 Å². The molecule has 0 aromatic carbocycles. The van der Waals surface area contributed by atoms with Crippen LogP contribution >= 0.6 is 0 Å². The molecule has 90 valence electrons. The third-order valence-electron chi connectivity index (χ3n) is 2.98. The van der Waals surface area contributed by atoms with Crippen molar-refractivity contribution in [2.45, 2.75) is 25.7 Å². The van der Waals surface area contributed by atoms with Crippen LogP contribution in [0.4, 0.5) is 5.82 Å². The second kappa shape index (κ2) is 4.95. The molecule has 1 fully saturated rings. The van der Waals surface area contributed by atoms with Gasteiger partial charge in [0.25, 0.3) is 0 Å². The highest BCUT2D eigenvalue weighted by Crippen LogP contribution is 2.29. The van der Waals surface area contributed by atoms with Gasteiger partial charge in [0.1, 0.15) is 5.82 Å². The first kappa shape index (κ1) is 11.6. The number of rotatable bonds is 4. The Labute approximate surface area is 98.9 Å². The van der Waals surface area contributed by atoms with E-state index in [9.17, 15) is 9.59 Å². The van der Waals surface area contributed by atoms with Crippen LogP contribution in [0.15, 0.2) is 18.3 Å². The molecule has 0 saturated heterocycles. The Morgan fingerprint density at radius 2 is 2.18 bits per heavy atom. The summed E-state index contributed by atoms with van der Waals surface area (Å²) in [6.07, 6.45) is 5.23. The summed E-state index contributed by atoms with van der Waals surface area (Å²) in [7, 11) is 0. The third kappa shape index (κ3) is 3.03. The van der Waals surface area contributed by atoms with E-state index >= 15 is 0 Å². The molecular formula is C12H14N2O3. The van der Waals surface area contributed by atoms with Gasteiger partial charge in [0.15, 0.2) is 0 Å². The summed E-state index contributed by atoms with van der Waals surface area (Å²) in [4.78, 5) is 26.0. The molecule has 0 bridgehead atoms. The number of amides is 1. The van der Waals surface area contributed by atoms with Gasteiger partial charge in [0.2, 0.25) is 5.91 Å². The molecular weight excluding hydrogens is 220 g/mol. The molecule has 0 radical (unpaired) electrons. The number of nitrogens with zero attached hydrogens (tertiary/aromatic N) is 1. The van der Waals surface area contributed by atoms with Crippen molar-refractivity contribution in [3.63, 3.8) is 0 Å². The van der Waals surface area contributed by atoms with Gasteiger partial charge in [-0.15, -0.1) is 0 Å². The summed E-state index contributed by atoms with van der Waals surface area (Å²) in [6.45, 7) is 0. The van der Waals surface area contributed by atoms with Gasteiger partial charge in [-0.1, -0.05) is 6.42 Å². The third-order valence-corrected chi connectivity index (χ3v) is 2.98. The lowest BCUT2D eigenvalue weighted by atomic mass is 9.83. The molecule has 1 aliphatic rings. The summed E-state index contributed by atoms with van der Waals surface area (Å²) in [5, 5.41) is 11.4. The number of aromatic nitrogens is 1. The lowest BCUT2D eigenvalue weighted by molar-refractivity contribution is -0.117. The second-order valence-electron chi connectivity index (χ2n) is 4.29. The summed E-state index contributed by atoms with van der Waals surface area (Å²) in [5.41, 5.74) is 0.113. The fourth-order valence-corrected chi connectivity index (χ4v) is 1.75. The molecule has 1 saturated carbocycles. The quantitative estimate of drug-likeness (QED) is 0.834. The molecule has 5 nitrogen and oxygen atoms in total. The molecule has 2 rings (SSSR count). The highest BCUT2D eigenvalue weighted by Gasteiger charge is 2.20. The number of hydrogen-bond donors (Lipinski definition) is 2. The van der Waals surface area contributed by atoms with E-state index < -0.39 is 5.97 Å². The SMILES string of the molecule is O=C(CC1CCC1)Nc1ccc(C(=O)O)cn1. The van der Waals surface area contributed by atoms with Crippen LogP contribution < -0.4 is 5.32 Å². The standard InChI is InChI=1S/C12H14N2O3/c15-11(6-8-2-1-3-8)14-10-5-4-9(7-13-10)12(16)17/h4-5,7-8H,1-3,6H2,(H,16,17)(H,13,14,15). The number of hydrogen-bond acceptors (Lipinski definition) is 3. The first-order valence-corrected chi connectivity index (χ1v) is 5.64. The maximum atomic E-state index is 11.6. The number of carbonyl (C=O) groups is 2. The molecule has 0 unspecified atom stereocenters. The van der Waals surface area contributed by atoms with Crippen LogP contribution in [-0.2, 0) is 4.79 Å². The number of pyridine rings is 1. The predicted molar refractivity (Wildman–Crippen MR) is 61.8 cm³/mol. The number of aromatic carboxylic acids is 1. The van der Waals surface area contributed by atoms with Crippen molar-refractivity contribution in [3.05, 3.63) is 23.9 Å². The average Bonchev–Trinajstić information content (AvgIpc) is 2.24. The number of carboxylic acids is 1. The summed E-state index contributed by atoms with van der Waals surface area (Å²) < 4.78 is 0. The van der Waals surface area contributed by atoms with Gasteiger partial charge in [0, 0.05) is 12.6 Å². The Kier molecular flexibility index (Phi) is 3.37. The first-order chi connectivity index (χ1) is 8.15. The maximum absolute atomic E-state index is 11.6. The van der Waals surface area contributed by atoms with Crippen molar-refractivity contribution in [3.8, 4) is 0 Å². The van der Waals surface area contributed by atoms with Crippen LogP contribution in [0.5, 0.6) is 0 Å². The maximum Gasteiger partial charge on any atom is 0.337 e. The molecule has 0 aliphatic heterocycles. The van der Waals surface area contributed by atoms with E-state index in [0.29, 0.717) is 18.2 Å². The summed E-state index contributed by atoms with van der Waals surface area (Å²) in [5.74, 6) is -0.164. The molecule has 1 amide bonds. The molecule has 1 aromatic rings. The molecule has 0 spiro atoms. The topological polar surface area (TPSA) is 79.3 Å². The van der Waals surface area contributed by atoms with Gasteiger partial charge >= 0.3 is 5.97 Å². The Balaban J connectivity index is 1.89. The van der Waals surface area contributed by atoms with Crippen molar-refractivity contribution in [2.75, 3.05) is 5.32 Å². The minimum absolute atomic E-state index is 0.0507.